The van der Waals surface area contributed by atoms with Crippen LogP contribution in [0.5, 0.6) is 0 Å². The van der Waals surface area contributed by atoms with E-state index in [1.54, 1.807) is 0 Å². The molecule has 0 bridgehead atoms. The van der Waals surface area contributed by atoms with Crippen molar-refractivity contribution in [1.82, 2.24) is 0 Å². The molecule has 0 aliphatic carbocycles. The summed E-state index contributed by atoms with van der Waals surface area (Å²) in [5, 5.41) is 11.5. The molecule has 0 aliphatic rings. The van der Waals surface area contributed by atoms with Crippen LogP contribution in [0.25, 0.3) is 0 Å². The molecule has 0 aromatic carbocycles. The molecule has 0 aliphatic heterocycles. The van der Waals surface area contributed by atoms with E-state index in [0.717, 1.165) is 0 Å². The summed E-state index contributed by atoms with van der Waals surface area (Å²) in [5.74, 6) is 0. The van der Waals surface area contributed by atoms with Gasteiger partial charge in [0.1, 0.15) is 0 Å². The maximum Gasteiger partial charge on any atom is 0.373 e. The lowest BCUT2D eigenvalue weighted by Crippen LogP contribution is -2.59. The molecule has 6 N–H and O–H groups in total. The Morgan fingerprint density at radius 3 is 1.00 bits per heavy atom. The highest BCUT2D eigenvalue weighted by Crippen LogP contribution is 2.73. The molecule has 0 aromatic rings. The van der Waals surface area contributed by atoms with Crippen LogP contribution in [-0.4, -0.2) is 40.0 Å². The quantitative estimate of drug-likeness (QED) is 0.113. The Labute approximate surface area is 156 Å². The molecule has 0 aromatic heterocycles. The van der Waals surface area contributed by atoms with Gasteiger partial charge < -0.3 is 49.4 Å². The third-order valence-corrected chi connectivity index (χ3v) is 11.4. The molecule has 0 radical (unpaired) electrons. The van der Waals surface area contributed by atoms with Gasteiger partial charge >= 0.3 is 21.0 Å². The van der Waals surface area contributed by atoms with Gasteiger partial charge in [0.2, 0.25) is 5.08 Å². The van der Waals surface area contributed by atoms with Gasteiger partial charge in [0.25, 0.3) is 0 Å². The molecule has 0 rings (SSSR count). The highest BCUT2D eigenvalue weighted by molar-refractivity contribution is 7.77. The summed E-state index contributed by atoms with van der Waals surface area (Å²) in [4.78, 5) is 123. The van der Waals surface area contributed by atoms with Crippen LogP contribution >= 0.6 is 31.8 Å². The minimum absolute atomic E-state index is 0.0135. The van der Waals surface area contributed by atoms with Crippen LogP contribution in [0.2, 0.25) is 0 Å². The van der Waals surface area contributed by atoms with Crippen molar-refractivity contribution in [2.75, 3.05) is 0 Å². The third-order valence-electron chi connectivity index (χ3n) is 3.83. The van der Waals surface area contributed by atoms with Crippen LogP contribution < -0.4 is 39.1 Å². The number of aliphatic hydroxyl groups is 2. The Morgan fingerprint density at radius 1 is 0.481 bits per heavy atom. The lowest BCUT2D eigenvalue weighted by atomic mass is 10.1. The number of hydrogen-bond acceptors (Lipinski definition) is 14. The van der Waals surface area contributed by atoms with E-state index in [9.17, 15) is 49.4 Å². The van der Waals surface area contributed by atoms with Gasteiger partial charge in [-0.15, -0.1) is 0 Å². The smallest absolute Gasteiger partial charge is 0.373 e. The Bertz CT molecular complexity index is 393. The van der Waals surface area contributed by atoms with Crippen molar-refractivity contribution in [1.29, 1.82) is 0 Å². The highest BCUT2D eigenvalue weighted by atomic mass is 31.3. The molecular formula is C9H20O14P4-4. The van der Waals surface area contributed by atoms with Crippen molar-refractivity contribution in [3.05, 3.63) is 0 Å². The van der Waals surface area contributed by atoms with Crippen molar-refractivity contribution in [2.45, 2.75) is 55.1 Å². The fourth-order valence-corrected chi connectivity index (χ4v) is 6.46. The highest BCUT2D eigenvalue weighted by Gasteiger charge is 2.66. The van der Waals surface area contributed by atoms with Gasteiger partial charge in [-0.25, -0.2) is 19.6 Å². The zero-order chi connectivity index (χ0) is 21.9. The fourth-order valence-electron chi connectivity index (χ4n) is 2.14. The number of rotatable bonds is 12. The summed E-state index contributed by atoms with van der Waals surface area (Å²) in [5.41, 5.74) is 0. The van der Waals surface area contributed by atoms with Crippen molar-refractivity contribution < 1.29 is 68.9 Å². The third kappa shape index (κ3) is 7.11. The Balaban J connectivity index is 4.53. The van der Waals surface area contributed by atoms with Gasteiger partial charge in [-0.3, -0.25) is 0 Å². The molecule has 14 nitrogen and oxygen atoms in total. The number of hydrogen-bond donors (Lipinski definition) is 6. The summed E-state index contributed by atoms with van der Waals surface area (Å²) in [6, 6.07) is 0. The average Bonchev–Trinajstić information content (AvgIpc) is 2.40. The zero-order valence-corrected chi connectivity index (χ0v) is 17.3. The fraction of sp³-hybridized carbons (Fsp3) is 1.00. The zero-order valence-electron chi connectivity index (χ0n) is 13.7. The van der Waals surface area contributed by atoms with Gasteiger partial charge in [-0.2, -0.15) is 0 Å². The topological polar surface area (TPSA) is 306 Å². The van der Waals surface area contributed by atoms with Crippen molar-refractivity contribution in [2.24, 2.45) is 0 Å². The Morgan fingerprint density at radius 2 is 0.741 bits per heavy atom. The molecule has 0 fully saturated rings. The standard InChI is InChI=1S/C9H24O14P4/c10-8(24(12,13)14,25(15,16)17)6-4-2-1-3-5-7-9(11,26(18,19)20)27(21,22)23/h10-11H,1-7H2,(H2,12,13,14)(H2,15,16,17)(H2,18,19,20)(H2,21,22,23)/p-4. The van der Waals surface area contributed by atoms with Gasteiger partial charge in [0, 0.05) is 6.42 Å². The Kier molecular flexibility index (Phi) is 9.94. The van der Waals surface area contributed by atoms with Gasteiger partial charge in [0.05, 0.1) is 6.42 Å². The van der Waals surface area contributed by atoms with E-state index >= 15 is 0 Å². The molecule has 164 valence electrons. The predicted octanol–water partition coefficient (Wildman–Crippen LogP) is -7.09. The van der Waals surface area contributed by atoms with E-state index < -0.39 is 54.8 Å². The molecule has 0 heterocycles. The van der Waals surface area contributed by atoms with Crippen molar-refractivity contribution in [3.63, 3.8) is 0 Å². The summed E-state index contributed by atoms with van der Waals surface area (Å²) in [6.07, 6.45) is -2.74. The molecule has 0 unspecified atom stereocenters. The first-order valence-electron chi connectivity index (χ1n) is 7.31. The van der Waals surface area contributed by atoms with Gasteiger partial charge in [-0.1, -0.05) is 35.1 Å². The molecule has 0 saturated carbocycles. The van der Waals surface area contributed by atoms with Crippen molar-refractivity contribution in [3.8, 4) is 0 Å². The summed E-state index contributed by atoms with van der Waals surface area (Å²) < 4.78 is 0. The van der Waals surface area contributed by atoms with Crippen molar-refractivity contribution >= 4 is 31.8 Å². The summed E-state index contributed by atoms with van der Waals surface area (Å²) in [7, 11) is -23.5. The van der Waals surface area contributed by atoms with E-state index in [1.807, 2.05) is 0 Å². The second-order valence-corrected chi connectivity index (χ2v) is 13.7. The van der Waals surface area contributed by atoms with E-state index in [-0.39, 0.29) is 32.1 Å². The largest absolute Gasteiger partial charge is 0.683 e. The second-order valence-electron chi connectivity index (χ2n) is 5.90. The van der Waals surface area contributed by atoms with E-state index in [4.69, 9.17) is 19.6 Å². The van der Waals surface area contributed by atoms with Crippen LogP contribution in [0.1, 0.15) is 44.9 Å². The summed E-state index contributed by atoms with van der Waals surface area (Å²) >= 11 is 0. The normalized spacial score (nSPS) is 15.3. The average molecular weight is 476 g/mol. The molecule has 0 spiro atoms. The Hall–Kier alpha value is 1.16. The molecule has 0 amide bonds. The second kappa shape index (κ2) is 9.53. The minimum Gasteiger partial charge on any atom is -0.683 e. The van der Waals surface area contributed by atoms with Crippen LogP contribution in [0, 0.1) is 0 Å². The molecule has 18 heteroatoms. The maximum absolute atomic E-state index is 11.1. The van der Waals surface area contributed by atoms with Crippen LogP contribution in [0.15, 0.2) is 0 Å². The lowest BCUT2D eigenvalue weighted by molar-refractivity contribution is -0.465. The van der Waals surface area contributed by atoms with Gasteiger partial charge in [0.15, 0.2) is 0 Å². The van der Waals surface area contributed by atoms with Crippen LogP contribution in [-0.2, 0) is 0 Å². The van der Waals surface area contributed by atoms with E-state index in [2.05, 4.69) is 0 Å². The SMILES string of the molecule is [O-][P+]([O-])([O-])C(O)(CCCCCCCC(O)([P+]([O-])(O)O)[P+]([O-])(O)O)[P+]([O-])([O-])[O-]. The molecular weight excluding hydrogens is 456 g/mol. The van der Waals surface area contributed by atoms with Gasteiger partial charge in [-0.05, 0) is 12.8 Å². The molecule has 0 atom stereocenters. The van der Waals surface area contributed by atoms with E-state index in [1.165, 1.54) is 0 Å². The van der Waals surface area contributed by atoms with Crippen LogP contribution in [0.4, 0.5) is 0 Å². The molecule has 0 saturated heterocycles. The lowest BCUT2D eigenvalue weighted by Gasteiger charge is -2.63. The monoisotopic (exact) mass is 476 g/mol. The first-order chi connectivity index (χ1) is 11.7. The predicted molar refractivity (Wildman–Crippen MR) is 78.8 cm³/mol. The minimum atomic E-state index is -6.17. The number of unbranched alkanes of at least 4 members (excludes halogenated alkanes) is 4. The van der Waals surface area contributed by atoms with E-state index in [0.29, 0.717) is 0 Å². The maximum atomic E-state index is 11.1. The molecule has 27 heavy (non-hydrogen) atoms. The van der Waals surface area contributed by atoms with Crippen LogP contribution in [0.3, 0.4) is 0 Å². The summed E-state index contributed by atoms with van der Waals surface area (Å²) in [6.45, 7) is 0. The first kappa shape index (κ1) is 28.2. The first-order valence-corrected chi connectivity index (χ1v) is 13.6.